The third kappa shape index (κ3) is 1.56. The van der Waals surface area contributed by atoms with E-state index in [9.17, 15) is 14.7 Å². The van der Waals surface area contributed by atoms with Crippen LogP contribution in [-0.2, 0) is 9.59 Å². The topological polar surface area (TPSA) is 101 Å². The van der Waals surface area contributed by atoms with Crippen molar-refractivity contribution in [2.45, 2.75) is 50.5 Å². The van der Waals surface area contributed by atoms with Crippen LogP contribution in [0.5, 0.6) is 0 Å². The Morgan fingerprint density at radius 1 is 1.11 bits per heavy atom. The zero-order chi connectivity index (χ0) is 13.2. The van der Waals surface area contributed by atoms with Crippen molar-refractivity contribution in [2.24, 2.45) is 22.5 Å². The standard InChI is InChI=1S/C13H19NO4/c14-13-3-8-1-11(6-13,4-9(15)16)5-12(2-8,7-13)10(17)18/h8H,1-7,14H2,(H,15,16)(H,17,18). The molecule has 0 saturated heterocycles. The number of rotatable bonds is 3. The van der Waals surface area contributed by atoms with E-state index < -0.39 is 22.9 Å². The lowest BCUT2D eigenvalue weighted by Gasteiger charge is -2.64. The van der Waals surface area contributed by atoms with Crippen molar-refractivity contribution < 1.29 is 19.8 Å². The van der Waals surface area contributed by atoms with Crippen molar-refractivity contribution in [3.05, 3.63) is 0 Å². The lowest BCUT2D eigenvalue weighted by molar-refractivity contribution is -0.181. The molecule has 0 radical (unpaired) electrons. The predicted octanol–water partition coefficient (Wildman–Crippen LogP) is 1.21. The highest BCUT2D eigenvalue weighted by Crippen LogP contribution is 2.67. The molecule has 4 atom stereocenters. The molecule has 4 saturated carbocycles. The number of aliphatic carboxylic acids is 2. The van der Waals surface area contributed by atoms with Gasteiger partial charge < -0.3 is 15.9 Å². The van der Waals surface area contributed by atoms with E-state index in [2.05, 4.69) is 0 Å². The minimum absolute atomic E-state index is 0.0669. The summed E-state index contributed by atoms with van der Waals surface area (Å²) in [7, 11) is 0. The summed E-state index contributed by atoms with van der Waals surface area (Å²) in [5.41, 5.74) is 4.76. The molecular formula is C13H19NO4. The summed E-state index contributed by atoms with van der Waals surface area (Å²) in [5.74, 6) is -1.32. The Labute approximate surface area is 105 Å². The zero-order valence-electron chi connectivity index (χ0n) is 10.3. The van der Waals surface area contributed by atoms with E-state index in [1.54, 1.807) is 0 Å². The van der Waals surface area contributed by atoms with Gasteiger partial charge in [0.1, 0.15) is 0 Å². The molecule has 4 unspecified atom stereocenters. The smallest absolute Gasteiger partial charge is 0.309 e. The number of carbonyl (C=O) groups is 2. The molecule has 100 valence electrons. The third-order valence-electron chi connectivity index (χ3n) is 5.21. The van der Waals surface area contributed by atoms with Crippen LogP contribution in [0.2, 0.25) is 0 Å². The minimum atomic E-state index is -0.832. The largest absolute Gasteiger partial charge is 0.481 e. The molecule has 0 spiro atoms. The second kappa shape index (κ2) is 3.26. The van der Waals surface area contributed by atoms with E-state index in [4.69, 9.17) is 10.8 Å². The van der Waals surface area contributed by atoms with Gasteiger partial charge in [-0.2, -0.15) is 0 Å². The van der Waals surface area contributed by atoms with Crippen LogP contribution in [0.3, 0.4) is 0 Å². The first kappa shape index (κ1) is 12.0. The van der Waals surface area contributed by atoms with Gasteiger partial charge in [0, 0.05) is 5.54 Å². The van der Waals surface area contributed by atoms with Crippen LogP contribution >= 0.6 is 0 Å². The maximum absolute atomic E-state index is 11.6. The van der Waals surface area contributed by atoms with E-state index in [0.29, 0.717) is 31.6 Å². The molecule has 4 aliphatic carbocycles. The van der Waals surface area contributed by atoms with E-state index >= 15 is 0 Å². The van der Waals surface area contributed by atoms with Crippen LogP contribution in [0.15, 0.2) is 0 Å². The van der Waals surface area contributed by atoms with Crippen molar-refractivity contribution >= 4 is 11.9 Å². The Morgan fingerprint density at radius 2 is 1.83 bits per heavy atom. The van der Waals surface area contributed by atoms with Crippen LogP contribution < -0.4 is 5.73 Å². The van der Waals surface area contributed by atoms with Gasteiger partial charge in [0.2, 0.25) is 0 Å². The van der Waals surface area contributed by atoms with Crippen molar-refractivity contribution in [3.63, 3.8) is 0 Å². The van der Waals surface area contributed by atoms with Gasteiger partial charge in [-0.15, -0.1) is 0 Å². The van der Waals surface area contributed by atoms with Gasteiger partial charge >= 0.3 is 11.9 Å². The molecule has 0 amide bonds. The molecule has 18 heavy (non-hydrogen) atoms. The highest BCUT2D eigenvalue weighted by molar-refractivity contribution is 5.76. The van der Waals surface area contributed by atoms with Crippen LogP contribution in [0.25, 0.3) is 0 Å². The van der Waals surface area contributed by atoms with Gasteiger partial charge in [0.05, 0.1) is 11.8 Å². The summed E-state index contributed by atoms with van der Waals surface area (Å²) in [5, 5.41) is 18.6. The van der Waals surface area contributed by atoms with Gasteiger partial charge in [-0.05, 0) is 49.9 Å². The molecule has 4 aliphatic rings. The molecule has 4 bridgehead atoms. The first-order chi connectivity index (χ1) is 8.27. The second-order valence-electron chi connectivity index (χ2n) is 7.03. The number of nitrogens with two attached hydrogens (primary N) is 1. The first-order valence-electron chi connectivity index (χ1n) is 6.51. The molecule has 5 heteroatoms. The predicted molar refractivity (Wildman–Crippen MR) is 62.9 cm³/mol. The fourth-order valence-electron chi connectivity index (χ4n) is 5.47. The average Bonchev–Trinajstić information content (AvgIpc) is 2.09. The number of hydrogen-bond donors (Lipinski definition) is 3. The Balaban J connectivity index is 2.00. The molecule has 0 aromatic rings. The Kier molecular flexibility index (Phi) is 2.17. The zero-order valence-corrected chi connectivity index (χ0v) is 10.3. The molecule has 0 aliphatic heterocycles. The highest BCUT2D eigenvalue weighted by Gasteiger charge is 2.65. The summed E-state index contributed by atoms with van der Waals surface area (Å²) in [6, 6.07) is 0. The van der Waals surface area contributed by atoms with Crippen molar-refractivity contribution in [1.82, 2.24) is 0 Å². The minimum Gasteiger partial charge on any atom is -0.481 e. The molecule has 0 aromatic carbocycles. The summed E-state index contributed by atoms with van der Waals surface area (Å²) in [4.78, 5) is 22.7. The fraction of sp³-hybridized carbons (Fsp3) is 0.846. The average molecular weight is 253 g/mol. The van der Waals surface area contributed by atoms with E-state index in [0.717, 1.165) is 12.8 Å². The summed E-state index contributed by atoms with van der Waals surface area (Å²) in [6.45, 7) is 0. The SMILES string of the molecule is NC12CC3CC(CC(=O)O)(C1)CC(C(=O)O)(C3)C2. The monoisotopic (exact) mass is 253 g/mol. The molecular weight excluding hydrogens is 234 g/mol. The Hall–Kier alpha value is -1.10. The maximum Gasteiger partial charge on any atom is 0.309 e. The van der Waals surface area contributed by atoms with Crippen molar-refractivity contribution in [2.75, 3.05) is 0 Å². The van der Waals surface area contributed by atoms with Crippen LogP contribution in [0.1, 0.15) is 44.9 Å². The highest BCUT2D eigenvalue weighted by atomic mass is 16.4. The normalized spacial score (nSPS) is 49.3. The molecule has 0 aromatic heterocycles. The molecule has 5 nitrogen and oxygen atoms in total. The van der Waals surface area contributed by atoms with E-state index in [-0.39, 0.29) is 11.8 Å². The van der Waals surface area contributed by atoms with Crippen LogP contribution in [0, 0.1) is 16.7 Å². The second-order valence-corrected chi connectivity index (χ2v) is 7.03. The third-order valence-corrected chi connectivity index (χ3v) is 5.21. The molecule has 0 heterocycles. The first-order valence-corrected chi connectivity index (χ1v) is 6.51. The molecule has 4 rings (SSSR count). The van der Waals surface area contributed by atoms with E-state index in [1.165, 1.54) is 0 Å². The van der Waals surface area contributed by atoms with Gasteiger partial charge in [0.15, 0.2) is 0 Å². The lowest BCUT2D eigenvalue weighted by Crippen LogP contribution is -2.65. The molecule has 4 N–H and O–H groups in total. The Morgan fingerprint density at radius 3 is 2.39 bits per heavy atom. The van der Waals surface area contributed by atoms with Gasteiger partial charge in [-0.25, -0.2) is 0 Å². The van der Waals surface area contributed by atoms with Gasteiger partial charge in [-0.3, -0.25) is 9.59 Å². The lowest BCUT2D eigenvalue weighted by atomic mass is 9.41. The van der Waals surface area contributed by atoms with Gasteiger partial charge in [-0.1, -0.05) is 0 Å². The van der Waals surface area contributed by atoms with Gasteiger partial charge in [0.25, 0.3) is 0 Å². The van der Waals surface area contributed by atoms with E-state index in [1.807, 2.05) is 0 Å². The molecule has 4 fully saturated rings. The van der Waals surface area contributed by atoms with Crippen molar-refractivity contribution in [3.8, 4) is 0 Å². The summed E-state index contributed by atoms with van der Waals surface area (Å²) in [6.07, 6.45) is 4.15. The Bertz CT molecular complexity index is 437. The number of hydrogen-bond acceptors (Lipinski definition) is 3. The maximum atomic E-state index is 11.6. The van der Waals surface area contributed by atoms with Crippen LogP contribution in [-0.4, -0.2) is 27.7 Å². The fourth-order valence-corrected chi connectivity index (χ4v) is 5.47. The van der Waals surface area contributed by atoms with Crippen LogP contribution in [0.4, 0.5) is 0 Å². The summed E-state index contributed by atoms with van der Waals surface area (Å²) < 4.78 is 0. The number of carboxylic acids is 2. The summed E-state index contributed by atoms with van der Waals surface area (Å²) >= 11 is 0. The van der Waals surface area contributed by atoms with Crippen molar-refractivity contribution in [1.29, 1.82) is 0 Å². The number of carboxylic acid groups (broad SMARTS) is 2. The quantitative estimate of drug-likeness (QED) is 0.702.